The van der Waals surface area contributed by atoms with Gasteiger partial charge >= 0.3 is 0 Å². The highest BCUT2D eigenvalue weighted by Crippen LogP contribution is 2.33. The molecular weight excluding hydrogens is 234 g/mol. The molecule has 2 aliphatic rings. The maximum absolute atomic E-state index is 6.07. The van der Waals surface area contributed by atoms with Crippen molar-refractivity contribution in [3.8, 4) is 0 Å². The van der Waals surface area contributed by atoms with Gasteiger partial charge in [0.2, 0.25) is 0 Å². The number of hydrogen-bond donors (Lipinski definition) is 2. The molecule has 17 heavy (non-hydrogen) atoms. The van der Waals surface area contributed by atoms with E-state index in [0.717, 1.165) is 11.6 Å². The van der Waals surface area contributed by atoms with Gasteiger partial charge in [-0.15, -0.1) is 0 Å². The Morgan fingerprint density at radius 1 is 1.35 bits per heavy atom. The summed E-state index contributed by atoms with van der Waals surface area (Å²) in [5.41, 5.74) is 8.14. The van der Waals surface area contributed by atoms with Crippen molar-refractivity contribution in [1.82, 2.24) is 15.8 Å². The summed E-state index contributed by atoms with van der Waals surface area (Å²) in [7, 11) is 2.20. The molecule has 92 valence electrons. The van der Waals surface area contributed by atoms with Gasteiger partial charge < -0.3 is 4.90 Å². The van der Waals surface area contributed by atoms with Crippen LogP contribution in [-0.4, -0.2) is 31.1 Å². The Hall–Kier alpha value is -0.610. The van der Waals surface area contributed by atoms with E-state index in [-0.39, 0.29) is 0 Å². The first kappa shape index (κ1) is 11.5. The molecule has 3 rings (SSSR count). The fourth-order valence-electron chi connectivity index (χ4n) is 3.00. The minimum atomic E-state index is 0.376. The van der Waals surface area contributed by atoms with E-state index in [1.807, 2.05) is 12.1 Å². The van der Waals surface area contributed by atoms with Crippen molar-refractivity contribution in [2.45, 2.75) is 18.5 Å². The number of piperidine rings is 1. The summed E-state index contributed by atoms with van der Waals surface area (Å²) in [6.45, 7) is 2.32. The molecule has 0 aromatic heterocycles. The van der Waals surface area contributed by atoms with E-state index < -0.39 is 0 Å². The Bertz CT molecular complexity index is 409. The van der Waals surface area contributed by atoms with E-state index in [1.54, 1.807) is 0 Å². The summed E-state index contributed by atoms with van der Waals surface area (Å²) in [4.78, 5) is 2.41. The van der Waals surface area contributed by atoms with Crippen LogP contribution in [0.5, 0.6) is 0 Å². The first-order chi connectivity index (χ1) is 8.24. The van der Waals surface area contributed by atoms with Crippen LogP contribution in [0.2, 0.25) is 5.02 Å². The number of nitrogens with zero attached hydrogens (tertiary/aromatic N) is 1. The Balaban J connectivity index is 1.84. The molecule has 2 heterocycles. The molecule has 3 nitrogen and oxygen atoms in total. The molecule has 1 aromatic rings. The lowest BCUT2D eigenvalue weighted by Gasteiger charge is -2.33. The van der Waals surface area contributed by atoms with Crippen LogP contribution >= 0.6 is 11.6 Å². The second-order valence-electron chi connectivity index (χ2n) is 5.14. The highest BCUT2D eigenvalue weighted by molar-refractivity contribution is 6.30. The molecule has 2 fully saturated rings. The van der Waals surface area contributed by atoms with Crippen LogP contribution in [0, 0.1) is 5.92 Å². The summed E-state index contributed by atoms with van der Waals surface area (Å²) in [5.74, 6) is 0.632. The van der Waals surface area contributed by atoms with Crippen LogP contribution < -0.4 is 10.9 Å². The molecule has 3 unspecified atom stereocenters. The molecule has 3 atom stereocenters. The first-order valence-corrected chi connectivity index (χ1v) is 6.57. The average Bonchev–Trinajstić information content (AvgIpc) is 2.71. The van der Waals surface area contributed by atoms with Gasteiger partial charge in [-0.25, -0.2) is 5.43 Å². The van der Waals surface area contributed by atoms with Gasteiger partial charge in [-0.05, 0) is 37.7 Å². The topological polar surface area (TPSA) is 27.3 Å². The summed E-state index contributed by atoms with van der Waals surface area (Å²) < 4.78 is 0. The molecule has 0 amide bonds. The van der Waals surface area contributed by atoms with Crippen molar-refractivity contribution in [1.29, 1.82) is 0 Å². The maximum atomic E-state index is 6.07. The third-order valence-electron chi connectivity index (χ3n) is 3.92. The summed E-state index contributed by atoms with van der Waals surface area (Å²) in [6.07, 6.45) is 1.21. The SMILES string of the molecule is CN1CCC2NNC(c3cccc(Cl)c3)C2C1. The number of hydrogen-bond acceptors (Lipinski definition) is 3. The summed E-state index contributed by atoms with van der Waals surface area (Å²) in [6, 6.07) is 9.15. The van der Waals surface area contributed by atoms with Gasteiger partial charge in [0.05, 0.1) is 6.04 Å². The van der Waals surface area contributed by atoms with Crippen molar-refractivity contribution in [2.24, 2.45) is 5.92 Å². The average molecular weight is 252 g/mol. The second kappa shape index (κ2) is 4.58. The number of benzene rings is 1. The standard InChI is InChI=1S/C13H18ClN3/c1-17-6-5-12-11(8-17)13(16-15-12)9-3-2-4-10(14)7-9/h2-4,7,11-13,15-16H,5-6,8H2,1H3. The van der Waals surface area contributed by atoms with Crippen LogP contribution in [0.15, 0.2) is 24.3 Å². The molecule has 4 heteroatoms. The fourth-order valence-corrected chi connectivity index (χ4v) is 3.20. The van der Waals surface area contributed by atoms with E-state index in [9.17, 15) is 0 Å². The van der Waals surface area contributed by atoms with Gasteiger partial charge in [0.15, 0.2) is 0 Å². The van der Waals surface area contributed by atoms with Crippen LogP contribution in [0.1, 0.15) is 18.0 Å². The van der Waals surface area contributed by atoms with E-state index >= 15 is 0 Å². The molecule has 0 bridgehead atoms. The Labute approximate surface area is 107 Å². The number of halogens is 1. The van der Waals surface area contributed by atoms with Crippen LogP contribution in [0.4, 0.5) is 0 Å². The van der Waals surface area contributed by atoms with Crippen molar-refractivity contribution in [2.75, 3.05) is 20.1 Å². The van der Waals surface area contributed by atoms with Gasteiger partial charge in [0, 0.05) is 23.5 Å². The molecule has 1 aromatic carbocycles. The smallest absolute Gasteiger partial charge is 0.0518 e. The maximum Gasteiger partial charge on any atom is 0.0518 e. The van der Waals surface area contributed by atoms with Crippen molar-refractivity contribution >= 4 is 11.6 Å². The molecule has 0 radical (unpaired) electrons. The zero-order valence-electron chi connectivity index (χ0n) is 9.99. The Morgan fingerprint density at radius 2 is 2.24 bits per heavy atom. The molecular formula is C13H18ClN3. The summed E-state index contributed by atoms with van der Waals surface area (Å²) >= 11 is 6.07. The highest BCUT2D eigenvalue weighted by Gasteiger charge is 2.39. The molecule has 2 saturated heterocycles. The minimum absolute atomic E-state index is 0.376. The van der Waals surface area contributed by atoms with Crippen molar-refractivity contribution in [3.63, 3.8) is 0 Å². The van der Waals surface area contributed by atoms with E-state index in [2.05, 4.69) is 34.9 Å². The van der Waals surface area contributed by atoms with Gasteiger partial charge in [0.25, 0.3) is 0 Å². The predicted molar refractivity (Wildman–Crippen MR) is 69.9 cm³/mol. The van der Waals surface area contributed by atoms with E-state index in [0.29, 0.717) is 18.0 Å². The number of likely N-dealkylation sites (tertiary alicyclic amines) is 1. The van der Waals surface area contributed by atoms with E-state index in [1.165, 1.54) is 18.5 Å². The normalized spacial score (nSPS) is 33.6. The minimum Gasteiger partial charge on any atom is -0.306 e. The lowest BCUT2D eigenvalue weighted by atomic mass is 9.85. The lowest BCUT2D eigenvalue weighted by Crippen LogP contribution is -2.43. The molecule has 0 spiro atoms. The third-order valence-corrected chi connectivity index (χ3v) is 4.16. The number of fused-ring (bicyclic) bond motifs is 1. The van der Waals surface area contributed by atoms with Crippen molar-refractivity contribution < 1.29 is 0 Å². The van der Waals surface area contributed by atoms with Crippen molar-refractivity contribution in [3.05, 3.63) is 34.9 Å². The quantitative estimate of drug-likeness (QED) is 0.797. The largest absolute Gasteiger partial charge is 0.306 e. The van der Waals surface area contributed by atoms with Crippen LogP contribution in [0.3, 0.4) is 0 Å². The van der Waals surface area contributed by atoms with Gasteiger partial charge in [0.1, 0.15) is 0 Å². The number of rotatable bonds is 1. The second-order valence-corrected chi connectivity index (χ2v) is 5.58. The number of nitrogens with one attached hydrogen (secondary N) is 2. The van der Waals surface area contributed by atoms with Gasteiger partial charge in [-0.1, -0.05) is 23.7 Å². The van der Waals surface area contributed by atoms with Crippen LogP contribution in [0.25, 0.3) is 0 Å². The van der Waals surface area contributed by atoms with Gasteiger partial charge in [-0.3, -0.25) is 5.43 Å². The molecule has 2 aliphatic heterocycles. The molecule has 2 N–H and O–H groups in total. The van der Waals surface area contributed by atoms with Gasteiger partial charge in [-0.2, -0.15) is 0 Å². The van der Waals surface area contributed by atoms with Crippen LogP contribution in [-0.2, 0) is 0 Å². The summed E-state index contributed by atoms with van der Waals surface area (Å²) in [5, 5.41) is 0.817. The fraction of sp³-hybridized carbons (Fsp3) is 0.538. The number of hydrazine groups is 1. The lowest BCUT2D eigenvalue weighted by molar-refractivity contribution is 0.185. The monoisotopic (exact) mass is 251 g/mol. The third kappa shape index (κ3) is 2.20. The molecule has 0 saturated carbocycles. The molecule has 0 aliphatic carbocycles. The zero-order chi connectivity index (χ0) is 11.8. The Morgan fingerprint density at radius 3 is 3.06 bits per heavy atom. The predicted octanol–water partition coefficient (Wildman–Crippen LogP) is 1.81. The van der Waals surface area contributed by atoms with E-state index in [4.69, 9.17) is 11.6 Å². The first-order valence-electron chi connectivity index (χ1n) is 6.19. The highest BCUT2D eigenvalue weighted by atomic mass is 35.5. The Kier molecular flexibility index (Phi) is 3.09. The zero-order valence-corrected chi connectivity index (χ0v) is 10.7.